The molecule has 0 heterocycles. The Morgan fingerprint density at radius 1 is 1.22 bits per heavy atom. The minimum absolute atomic E-state index is 0.0615. The normalized spacial score (nSPS) is 13.0. The minimum Gasteiger partial charge on any atom is -0.444 e. The maximum absolute atomic E-state index is 12.2. The van der Waals surface area contributed by atoms with Gasteiger partial charge < -0.3 is 19.5 Å². The largest absolute Gasteiger partial charge is 0.444 e. The van der Waals surface area contributed by atoms with Crippen LogP contribution in [0.5, 0.6) is 0 Å². The second-order valence-corrected chi connectivity index (χ2v) is 6.88. The molecule has 5 nitrogen and oxygen atoms in total. The Morgan fingerprint density at radius 3 is 2.35 bits per heavy atom. The molecule has 1 N–H and O–H groups in total. The lowest BCUT2D eigenvalue weighted by molar-refractivity contribution is -0.0142. The first-order chi connectivity index (χ1) is 10.7. The number of ether oxygens (including phenoxy) is 2. The van der Waals surface area contributed by atoms with Crippen molar-refractivity contribution in [3.63, 3.8) is 0 Å². The first kappa shape index (κ1) is 19.5. The maximum Gasteiger partial charge on any atom is 0.410 e. The van der Waals surface area contributed by atoms with E-state index < -0.39 is 17.8 Å². The van der Waals surface area contributed by atoms with E-state index in [9.17, 15) is 9.90 Å². The van der Waals surface area contributed by atoms with Gasteiger partial charge in [0, 0.05) is 6.04 Å². The van der Waals surface area contributed by atoms with Crippen molar-refractivity contribution in [1.82, 2.24) is 4.90 Å². The average Bonchev–Trinajstić information content (AvgIpc) is 2.43. The molecule has 1 amide bonds. The molecule has 0 fully saturated rings. The van der Waals surface area contributed by atoms with Gasteiger partial charge in [-0.1, -0.05) is 30.3 Å². The Morgan fingerprint density at radius 2 is 1.83 bits per heavy atom. The standard InChI is InChI=1S/C18H29NO4/c1-14(2)19(17(21)23-18(3,4)5)11-16(20)13-22-12-15-9-7-6-8-10-15/h6-10,14,16,20H,11-13H2,1-5H3. The Kier molecular flexibility index (Phi) is 7.52. The van der Waals surface area contributed by atoms with Crippen LogP contribution in [0.4, 0.5) is 4.79 Å². The van der Waals surface area contributed by atoms with E-state index >= 15 is 0 Å². The number of carbonyl (C=O) groups excluding carboxylic acids is 1. The Labute approximate surface area is 139 Å². The summed E-state index contributed by atoms with van der Waals surface area (Å²) in [6, 6.07) is 9.70. The van der Waals surface area contributed by atoms with E-state index in [-0.39, 0.29) is 19.2 Å². The van der Waals surface area contributed by atoms with Crippen molar-refractivity contribution >= 4 is 6.09 Å². The fourth-order valence-electron chi connectivity index (χ4n) is 1.98. The summed E-state index contributed by atoms with van der Waals surface area (Å²) in [4.78, 5) is 13.7. The van der Waals surface area contributed by atoms with Crippen LogP contribution in [0.3, 0.4) is 0 Å². The van der Waals surface area contributed by atoms with Crippen LogP contribution >= 0.6 is 0 Å². The number of carbonyl (C=O) groups is 1. The zero-order valence-electron chi connectivity index (χ0n) is 14.8. The van der Waals surface area contributed by atoms with Crippen LogP contribution < -0.4 is 0 Å². The lowest BCUT2D eigenvalue weighted by Gasteiger charge is -2.31. The molecule has 0 saturated heterocycles. The number of hydrogen-bond acceptors (Lipinski definition) is 4. The third kappa shape index (κ3) is 8.00. The van der Waals surface area contributed by atoms with E-state index in [1.807, 2.05) is 65.0 Å². The number of rotatable bonds is 7. The summed E-state index contributed by atoms with van der Waals surface area (Å²) in [5, 5.41) is 10.1. The monoisotopic (exact) mass is 323 g/mol. The van der Waals surface area contributed by atoms with Crippen LogP contribution in [0.25, 0.3) is 0 Å². The number of aliphatic hydroxyl groups is 1. The molecular weight excluding hydrogens is 294 g/mol. The summed E-state index contributed by atoms with van der Waals surface area (Å²) >= 11 is 0. The SMILES string of the molecule is CC(C)N(CC(O)COCc1ccccc1)C(=O)OC(C)(C)C. The number of benzene rings is 1. The lowest BCUT2D eigenvalue weighted by atomic mass is 10.2. The molecule has 0 aliphatic heterocycles. The van der Waals surface area contributed by atoms with E-state index in [2.05, 4.69) is 0 Å². The molecule has 0 radical (unpaired) electrons. The lowest BCUT2D eigenvalue weighted by Crippen LogP contribution is -2.45. The molecule has 1 aromatic rings. The first-order valence-corrected chi connectivity index (χ1v) is 7.98. The third-order valence-electron chi connectivity index (χ3n) is 3.08. The average molecular weight is 323 g/mol. The molecule has 23 heavy (non-hydrogen) atoms. The van der Waals surface area contributed by atoms with Gasteiger partial charge in [-0.3, -0.25) is 0 Å². The Bertz CT molecular complexity index is 468. The molecule has 130 valence electrons. The van der Waals surface area contributed by atoms with Crippen LogP contribution in [0.2, 0.25) is 0 Å². The predicted octanol–water partition coefficient (Wildman–Crippen LogP) is 3.21. The van der Waals surface area contributed by atoms with E-state index in [1.54, 1.807) is 0 Å². The summed E-state index contributed by atoms with van der Waals surface area (Å²) in [6.07, 6.45) is -1.18. The smallest absolute Gasteiger partial charge is 0.410 e. The highest BCUT2D eigenvalue weighted by Gasteiger charge is 2.26. The molecule has 1 rings (SSSR count). The van der Waals surface area contributed by atoms with Gasteiger partial charge in [-0.05, 0) is 40.2 Å². The quantitative estimate of drug-likeness (QED) is 0.837. The molecule has 0 aromatic heterocycles. The van der Waals surface area contributed by atoms with E-state index in [4.69, 9.17) is 9.47 Å². The zero-order chi connectivity index (χ0) is 17.5. The summed E-state index contributed by atoms with van der Waals surface area (Å²) in [5.41, 5.74) is 0.492. The number of aliphatic hydroxyl groups excluding tert-OH is 1. The van der Waals surface area contributed by atoms with Crippen LogP contribution in [0.1, 0.15) is 40.2 Å². The maximum atomic E-state index is 12.2. The van der Waals surface area contributed by atoms with Crippen molar-refractivity contribution in [3.8, 4) is 0 Å². The third-order valence-corrected chi connectivity index (χ3v) is 3.08. The number of nitrogens with zero attached hydrogens (tertiary/aromatic N) is 1. The highest BCUT2D eigenvalue weighted by Crippen LogP contribution is 2.12. The molecule has 0 aliphatic rings. The molecular formula is C18H29NO4. The molecule has 0 saturated carbocycles. The molecule has 0 aliphatic carbocycles. The van der Waals surface area contributed by atoms with Gasteiger partial charge in [-0.25, -0.2) is 4.79 Å². The predicted molar refractivity (Wildman–Crippen MR) is 90.2 cm³/mol. The fraction of sp³-hybridized carbons (Fsp3) is 0.611. The van der Waals surface area contributed by atoms with Gasteiger partial charge in [-0.15, -0.1) is 0 Å². The Balaban J connectivity index is 2.44. The summed E-state index contributed by atoms with van der Waals surface area (Å²) in [5.74, 6) is 0. The van der Waals surface area contributed by atoms with Crippen LogP contribution in [0, 0.1) is 0 Å². The fourth-order valence-corrected chi connectivity index (χ4v) is 1.98. The molecule has 1 atom stereocenters. The summed E-state index contributed by atoms with van der Waals surface area (Å²) < 4.78 is 10.9. The van der Waals surface area contributed by atoms with Crippen molar-refractivity contribution in [2.75, 3.05) is 13.2 Å². The number of hydrogen-bond donors (Lipinski definition) is 1. The molecule has 5 heteroatoms. The van der Waals surface area contributed by atoms with Crippen molar-refractivity contribution < 1.29 is 19.4 Å². The highest BCUT2D eigenvalue weighted by atomic mass is 16.6. The van der Waals surface area contributed by atoms with Crippen molar-refractivity contribution in [2.24, 2.45) is 0 Å². The topological polar surface area (TPSA) is 59.0 Å². The van der Waals surface area contributed by atoms with Gasteiger partial charge in [0.2, 0.25) is 0 Å². The first-order valence-electron chi connectivity index (χ1n) is 7.98. The molecule has 1 unspecified atom stereocenters. The van der Waals surface area contributed by atoms with Crippen LogP contribution in [0.15, 0.2) is 30.3 Å². The van der Waals surface area contributed by atoms with Crippen LogP contribution in [-0.4, -0.2) is 47.0 Å². The number of amides is 1. The second-order valence-electron chi connectivity index (χ2n) is 6.88. The summed E-state index contributed by atoms with van der Waals surface area (Å²) in [6.45, 7) is 10.0. The van der Waals surface area contributed by atoms with Crippen molar-refractivity contribution in [3.05, 3.63) is 35.9 Å². The zero-order valence-corrected chi connectivity index (χ0v) is 14.8. The van der Waals surface area contributed by atoms with Gasteiger partial charge >= 0.3 is 6.09 Å². The van der Waals surface area contributed by atoms with Crippen molar-refractivity contribution in [1.29, 1.82) is 0 Å². The molecule has 1 aromatic carbocycles. The van der Waals surface area contributed by atoms with E-state index in [0.29, 0.717) is 6.61 Å². The highest BCUT2D eigenvalue weighted by molar-refractivity contribution is 5.68. The molecule has 0 spiro atoms. The van der Waals surface area contributed by atoms with E-state index in [0.717, 1.165) is 5.56 Å². The Hall–Kier alpha value is -1.59. The van der Waals surface area contributed by atoms with Crippen LogP contribution in [-0.2, 0) is 16.1 Å². The van der Waals surface area contributed by atoms with Gasteiger partial charge in [0.15, 0.2) is 0 Å². The van der Waals surface area contributed by atoms with Crippen molar-refractivity contribution in [2.45, 2.75) is 59.0 Å². The van der Waals surface area contributed by atoms with E-state index in [1.165, 1.54) is 4.90 Å². The minimum atomic E-state index is -0.756. The van der Waals surface area contributed by atoms with Gasteiger partial charge in [-0.2, -0.15) is 0 Å². The molecule has 0 bridgehead atoms. The second kappa shape index (κ2) is 8.89. The van der Waals surface area contributed by atoms with Gasteiger partial charge in [0.1, 0.15) is 5.60 Å². The van der Waals surface area contributed by atoms with Gasteiger partial charge in [0.25, 0.3) is 0 Å². The van der Waals surface area contributed by atoms with Gasteiger partial charge in [0.05, 0.1) is 25.9 Å². The summed E-state index contributed by atoms with van der Waals surface area (Å²) in [7, 11) is 0.